The number of nitrogens with zero attached hydrogens (tertiary/aromatic N) is 2. The Labute approximate surface area is 119 Å². The zero-order chi connectivity index (χ0) is 14.7. The third kappa shape index (κ3) is 1.90. The minimum atomic E-state index is -0.360. The molecule has 2 N–H and O–H groups in total. The third-order valence-corrected chi connectivity index (χ3v) is 4.38. The normalized spacial score (nSPS) is 21.0. The molecule has 20 heavy (non-hydrogen) atoms. The van der Waals surface area contributed by atoms with Gasteiger partial charge in [0.05, 0.1) is 23.2 Å². The van der Waals surface area contributed by atoms with Crippen LogP contribution in [-0.2, 0) is 6.42 Å². The molecule has 0 radical (unpaired) electrons. The Kier molecular flexibility index (Phi) is 2.83. The minimum absolute atomic E-state index is 0.126. The van der Waals surface area contributed by atoms with Crippen molar-refractivity contribution in [1.82, 2.24) is 14.8 Å². The van der Waals surface area contributed by atoms with Crippen LogP contribution < -0.4 is 0 Å². The number of H-pyrrole nitrogens is 1. The summed E-state index contributed by atoms with van der Waals surface area (Å²) >= 11 is 0. The van der Waals surface area contributed by atoms with Gasteiger partial charge < -0.3 is 9.67 Å². The topological polar surface area (TPSA) is 53.8 Å². The molecule has 1 unspecified atom stereocenters. The van der Waals surface area contributed by atoms with Gasteiger partial charge in [-0.1, -0.05) is 13.8 Å². The van der Waals surface area contributed by atoms with Crippen molar-refractivity contribution in [3.8, 4) is 5.69 Å². The van der Waals surface area contributed by atoms with Gasteiger partial charge in [0.15, 0.2) is 0 Å². The first-order valence-corrected chi connectivity index (χ1v) is 7.21. The van der Waals surface area contributed by atoms with Crippen LogP contribution in [0.5, 0.6) is 0 Å². The predicted octanol–water partition coefficient (Wildman–Crippen LogP) is 3.13. The van der Waals surface area contributed by atoms with Crippen molar-refractivity contribution in [3.05, 3.63) is 34.4 Å². The molecule has 0 spiro atoms. The van der Waals surface area contributed by atoms with Crippen LogP contribution in [0.25, 0.3) is 5.69 Å². The van der Waals surface area contributed by atoms with Crippen LogP contribution in [-0.4, -0.2) is 19.9 Å². The summed E-state index contributed by atoms with van der Waals surface area (Å²) in [6.45, 7) is 10.6. The highest BCUT2D eigenvalue weighted by molar-refractivity contribution is 5.48. The second kappa shape index (κ2) is 4.22. The number of aryl methyl sites for hydroxylation is 3. The van der Waals surface area contributed by atoms with Crippen LogP contribution in [0.3, 0.4) is 0 Å². The fourth-order valence-corrected chi connectivity index (χ4v) is 3.53. The van der Waals surface area contributed by atoms with Gasteiger partial charge >= 0.3 is 0 Å². The van der Waals surface area contributed by atoms with Gasteiger partial charge in [-0.3, -0.25) is 5.10 Å². The number of nitrogens with one attached hydrogen (secondary N) is 1. The fourth-order valence-electron chi connectivity index (χ4n) is 3.53. The Bertz CT molecular complexity index is 644. The average Bonchev–Trinajstić information content (AvgIpc) is 2.79. The van der Waals surface area contributed by atoms with E-state index in [1.54, 1.807) is 0 Å². The molecule has 2 aromatic rings. The van der Waals surface area contributed by atoms with Gasteiger partial charge in [0.25, 0.3) is 0 Å². The second-order valence-corrected chi connectivity index (χ2v) is 6.87. The summed E-state index contributed by atoms with van der Waals surface area (Å²) in [7, 11) is 0. The first kappa shape index (κ1) is 13.4. The molecule has 1 atom stereocenters. The molecule has 4 heteroatoms. The highest BCUT2D eigenvalue weighted by atomic mass is 16.3. The van der Waals surface area contributed by atoms with Crippen LogP contribution in [0.1, 0.15) is 54.7 Å². The number of aliphatic hydroxyl groups excluding tert-OH is 1. The molecule has 0 amide bonds. The van der Waals surface area contributed by atoms with Crippen molar-refractivity contribution in [3.63, 3.8) is 0 Å². The van der Waals surface area contributed by atoms with Crippen molar-refractivity contribution in [2.75, 3.05) is 0 Å². The molecule has 1 aliphatic rings. The Morgan fingerprint density at radius 1 is 1.35 bits per heavy atom. The van der Waals surface area contributed by atoms with Gasteiger partial charge in [0.2, 0.25) is 0 Å². The first-order valence-electron chi connectivity index (χ1n) is 7.21. The van der Waals surface area contributed by atoms with E-state index in [2.05, 4.69) is 41.6 Å². The first-order chi connectivity index (χ1) is 9.30. The highest BCUT2D eigenvalue weighted by Crippen LogP contribution is 2.43. The number of aromatic nitrogens is 3. The molecule has 108 valence electrons. The fraction of sp³-hybridized carbons (Fsp3) is 0.562. The molecule has 4 nitrogen and oxygen atoms in total. The predicted molar refractivity (Wildman–Crippen MR) is 79.2 cm³/mol. The summed E-state index contributed by atoms with van der Waals surface area (Å²) < 4.78 is 2.27. The molecule has 0 aliphatic heterocycles. The van der Waals surface area contributed by atoms with Crippen molar-refractivity contribution in [2.45, 2.75) is 53.6 Å². The van der Waals surface area contributed by atoms with E-state index < -0.39 is 0 Å². The summed E-state index contributed by atoms with van der Waals surface area (Å²) in [5.41, 5.74) is 6.82. The number of aliphatic hydroxyl groups is 1. The minimum Gasteiger partial charge on any atom is -0.388 e. The van der Waals surface area contributed by atoms with Gasteiger partial charge in [0.1, 0.15) is 0 Å². The van der Waals surface area contributed by atoms with E-state index in [4.69, 9.17) is 0 Å². The van der Waals surface area contributed by atoms with Crippen LogP contribution in [0, 0.1) is 26.2 Å². The number of hydrogen-bond donors (Lipinski definition) is 2. The van der Waals surface area contributed by atoms with Crippen LogP contribution >= 0.6 is 0 Å². The lowest BCUT2D eigenvalue weighted by Crippen LogP contribution is -2.26. The van der Waals surface area contributed by atoms with Gasteiger partial charge in [-0.2, -0.15) is 5.10 Å². The maximum absolute atomic E-state index is 10.4. The molecule has 3 rings (SSSR count). The lowest BCUT2D eigenvalue weighted by molar-refractivity contribution is 0.0986. The smallest absolute Gasteiger partial charge is 0.0894 e. The zero-order valence-corrected chi connectivity index (χ0v) is 12.9. The Morgan fingerprint density at radius 2 is 2.05 bits per heavy atom. The molecule has 1 aliphatic carbocycles. The Balaban J connectivity index is 2.24. The van der Waals surface area contributed by atoms with Gasteiger partial charge in [-0.25, -0.2) is 0 Å². The van der Waals surface area contributed by atoms with Crippen molar-refractivity contribution in [1.29, 1.82) is 0 Å². The lowest BCUT2D eigenvalue weighted by atomic mass is 9.75. The SMILES string of the molecule is Cc1n[nH]c(C)c1-n1c(C)cc2c1CC(C)(C)CC2O. The van der Waals surface area contributed by atoms with E-state index in [9.17, 15) is 5.11 Å². The van der Waals surface area contributed by atoms with E-state index >= 15 is 0 Å². The van der Waals surface area contributed by atoms with Crippen molar-refractivity contribution >= 4 is 0 Å². The van der Waals surface area contributed by atoms with Crippen molar-refractivity contribution < 1.29 is 5.11 Å². The lowest BCUT2D eigenvalue weighted by Gasteiger charge is -2.34. The third-order valence-electron chi connectivity index (χ3n) is 4.38. The quantitative estimate of drug-likeness (QED) is 0.838. The van der Waals surface area contributed by atoms with Gasteiger partial charge in [-0.05, 0) is 45.1 Å². The number of hydrogen-bond acceptors (Lipinski definition) is 2. The molecule has 0 saturated carbocycles. The van der Waals surface area contributed by atoms with E-state index in [1.165, 1.54) is 11.4 Å². The summed E-state index contributed by atoms with van der Waals surface area (Å²) in [5, 5.41) is 17.8. The Hall–Kier alpha value is -1.55. The molecular weight excluding hydrogens is 250 g/mol. The van der Waals surface area contributed by atoms with E-state index in [1.807, 2.05) is 13.8 Å². The van der Waals surface area contributed by atoms with Crippen LogP contribution in [0.15, 0.2) is 6.07 Å². The van der Waals surface area contributed by atoms with E-state index in [-0.39, 0.29) is 11.5 Å². The average molecular weight is 273 g/mol. The molecule has 0 fully saturated rings. The van der Waals surface area contributed by atoms with Crippen molar-refractivity contribution in [2.24, 2.45) is 5.41 Å². The molecule has 2 aromatic heterocycles. The largest absolute Gasteiger partial charge is 0.388 e. The molecule has 0 aromatic carbocycles. The number of aromatic amines is 1. The van der Waals surface area contributed by atoms with E-state index in [0.717, 1.165) is 35.5 Å². The van der Waals surface area contributed by atoms with Crippen LogP contribution in [0.4, 0.5) is 0 Å². The summed E-state index contributed by atoms with van der Waals surface area (Å²) in [5.74, 6) is 0. The van der Waals surface area contributed by atoms with E-state index in [0.29, 0.717) is 0 Å². The molecule has 0 saturated heterocycles. The maximum Gasteiger partial charge on any atom is 0.0894 e. The number of fused-ring (bicyclic) bond motifs is 1. The molecule has 2 heterocycles. The highest BCUT2D eigenvalue weighted by Gasteiger charge is 2.34. The standard InChI is InChI=1S/C16H23N3O/c1-9-6-12-13(7-16(4,5)8-14(12)20)19(9)15-10(2)17-18-11(15)3/h6,14,20H,7-8H2,1-5H3,(H,17,18). The monoisotopic (exact) mass is 273 g/mol. The second-order valence-electron chi connectivity index (χ2n) is 6.87. The summed E-state index contributed by atoms with van der Waals surface area (Å²) in [6, 6.07) is 2.13. The Morgan fingerprint density at radius 3 is 2.65 bits per heavy atom. The molecular formula is C16H23N3O. The maximum atomic E-state index is 10.4. The number of rotatable bonds is 1. The van der Waals surface area contributed by atoms with Crippen LogP contribution in [0.2, 0.25) is 0 Å². The summed E-state index contributed by atoms with van der Waals surface area (Å²) in [6.07, 6.45) is 1.45. The zero-order valence-electron chi connectivity index (χ0n) is 12.9. The van der Waals surface area contributed by atoms with Gasteiger partial charge in [-0.15, -0.1) is 0 Å². The molecule has 0 bridgehead atoms. The summed E-state index contributed by atoms with van der Waals surface area (Å²) in [4.78, 5) is 0. The van der Waals surface area contributed by atoms with Gasteiger partial charge in [0, 0.05) is 17.0 Å².